The van der Waals surface area contributed by atoms with Gasteiger partial charge in [-0.3, -0.25) is 9.59 Å². The van der Waals surface area contributed by atoms with Crippen LogP contribution >= 0.6 is 0 Å². The third-order valence-electron chi connectivity index (χ3n) is 3.97. The Balaban J connectivity index is 1.76. The Bertz CT molecular complexity index is 508. The van der Waals surface area contributed by atoms with Gasteiger partial charge in [-0.2, -0.15) is 0 Å². The number of carbonyl (C=O) groups excluding carboxylic acids is 2. The molecular weight excluding hydrogens is 280 g/mol. The number of ether oxygens (including phenoxy) is 1. The highest BCUT2D eigenvalue weighted by Gasteiger charge is 2.21. The summed E-state index contributed by atoms with van der Waals surface area (Å²) in [4.78, 5) is 26.3. The van der Waals surface area contributed by atoms with Crippen molar-refractivity contribution in [2.24, 2.45) is 0 Å². The summed E-state index contributed by atoms with van der Waals surface area (Å²) in [5.41, 5.74) is 2.27. The van der Waals surface area contributed by atoms with E-state index in [1.165, 1.54) is 0 Å². The van der Waals surface area contributed by atoms with Crippen LogP contribution in [0.3, 0.4) is 0 Å². The fourth-order valence-electron chi connectivity index (χ4n) is 2.58. The Hall–Kier alpha value is -2.04. The van der Waals surface area contributed by atoms with Gasteiger partial charge in [-0.1, -0.05) is 12.1 Å². The van der Waals surface area contributed by atoms with E-state index in [9.17, 15) is 9.59 Å². The van der Waals surface area contributed by atoms with E-state index < -0.39 is 0 Å². The van der Waals surface area contributed by atoms with Gasteiger partial charge in [0.15, 0.2) is 0 Å². The number of esters is 1. The molecule has 0 aromatic heterocycles. The highest BCUT2D eigenvalue weighted by molar-refractivity contribution is 5.70. The van der Waals surface area contributed by atoms with E-state index in [2.05, 4.69) is 6.07 Å². The first-order valence-corrected chi connectivity index (χ1v) is 7.73. The maximum Gasteiger partial charge on any atom is 0.306 e. The van der Waals surface area contributed by atoms with Crippen LogP contribution in [0.4, 0.5) is 5.69 Å². The summed E-state index contributed by atoms with van der Waals surface area (Å²) in [6.45, 7) is 1.35. The number of anilines is 1. The molecule has 5 nitrogen and oxygen atoms in total. The van der Waals surface area contributed by atoms with Crippen LogP contribution in [0.2, 0.25) is 0 Å². The maximum absolute atomic E-state index is 11.9. The smallest absolute Gasteiger partial charge is 0.306 e. The second-order valence-electron chi connectivity index (χ2n) is 5.89. The number of piperidine rings is 1. The Morgan fingerprint density at radius 2 is 2.09 bits per heavy atom. The van der Waals surface area contributed by atoms with Gasteiger partial charge in [-0.05, 0) is 24.1 Å². The minimum atomic E-state index is -0.153. The van der Waals surface area contributed by atoms with Crippen molar-refractivity contribution in [1.29, 1.82) is 0 Å². The molecule has 1 saturated heterocycles. The van der Waals surface area contributed by atoms with Gasteiger partial charge in [0, 0.05) is 52.1 Å². The molecule has 0 N–H and O–H groups in total. The zero-order valence-corrected chi connectivity index (χ0v) is 13.3. The van der Waals surface area contributed by atoms with Crippen molar-refractivity contribution >= 4 is 18.1 Å². The average molecular weight is 304 g/mol. The Morgan fingerprint density at radius 1 is 1.36 bits per heavy atom. The average Bonchev–Trinajstić information content (AvgIpc) is 2.54. The molecule has 1 amide bonds. The second-order valence-corrected chi connectivity index (χ2v) is 5.89. The lowest BCUT2D eigenvalue weighted by molar-refractivity contribution is -0.151. The molecule has 0 radical (unpaired) electrons. The molecule has 5 heteroatoms. The fourth-order valence-corrected chi connectivity index (χ4v) is 2.58. The highest BCUT2D eigenvalue weighted by atomic mass is 16.5. The number of benzene rings is 1. The van der Waals surface area contributed by atoms with Gasteiger partial charge < -0.3 is 14.5 Å². The molecule has 0 bridgehead atoms. The number of rotatable bonds is 6. The summed E-state index contributed by atoms with van der Waals surface area (Å²) in [6.07, 6.45) is 3.37. The molecule has 0 saturated carbocycles. The second kappa shape index (κ2) is 7.82. The van der Waals surface area contributed by atoms with E-state index in [1.807, 2.05) is 37.2 Å². The molecule has 0 atom stereocenters. The molecule has 1 aromatic carbocycles. The lowest BCUT2D eigenvalue weighted by atomic mass is 10.1. The molecule has 0 aliphatic carbocycles. The molecule has 1 heterocycles. The summed E-state index contributed by atoms with van der Waals surface area (Å²) >= 11 is 0. The number of aryl methyl sites for hydroxylation is 1. The van der Waals surface area contributed by atoms with Gasteiger partial charge in [0.1, 0.15) is 6.10 Å². The zero-order chi connectivity index (χ0) is 15.9. The number of hydrogen-bond acceptors (Lipinski definition) is 4. The predicted octanol–water partition coefficient (Wildman–Crippen LogP) is 1.85. The SMILES string of the molecule is CN(C)c1cccc(CCC(=O)OC2CCN(C=O)CC2)c1. The largest absolute Gasteiger partial charge is 0.462 e. The molecule has 1 aromatic rings. The summed E-state index contributed by atoms with van der Waals surface area (Å²) in [5.74, 6) is -0.153. The van der Waals surface area contributed by atoms with Crippen LogP contribution in [0.1, 0.15) is 24.8 Å². The van der Waals surface area contributed by atoms with Crippen LogP contribution < -0.4 is 4.90 Å². The van der Waals surface area contributed by atoms with Gasteiger partial charge in [0.25, 0.3) is 0 Å². The zero-order valence-electron chi connectivity index (χ0n) is 13.3. The maximum atomic E-state index is 11.9. The van der Waals surface area contributed by atoms with Crippen molar-refractivity contribution in [3.05, 3.63) is 29.8 Å². The first kappa shape index (κ1) is 16.3. The topological polar surface area (TPSA) is 49.9 Å². The molecule has 1 fully saturated rings. The van der Waals surface area contributed by atoms with Crippen LogP contribution in [0.25, 0.3) is 0 Å². The van der Waals surface area contributed by atoms with Gasteiger partial charge in [0.2, 0.25) is 6.41 Å². The van der Waals surface area contributed by atoms with Gasteiger partial charge in [0.05, 0.1) is 0 Å². The minimum Gasteiger partial charge on any atom is -0.462 e. The van der Waals surface area contributed by atoms with E-state index in [0.29, 0.717) is 25.9 Å². The number of carbonyl (C=O) groups is 2. The lowest BCUT2D eigenvalue weighted by Crippen LogP contribution is -2.36. The number of hydrogen-bond donors (Lipinski definition) is 0. The van der Waals surface area contributed by atoms with E-state index in [4.69, 9.17) is 4.74 Å². The van der Waals surface area contributed by atoms with Gasteiger partial charge in [-0.25, -0.2) is 0 Å². The van der Waals surface area contributed by atoms with Gasteiger partial charge in [-0.15, -0.1) is 0 Å². The minimum absolute atomic E-state index is 0.0446. The molecule has 0 spiro atoms. The number of likely N-dealkylation sites (tertiary alicyclic amines) is 1. The summed E-state index contributed by atoms with van der Waals surface area (Å²) < 4.78 is 5.49. The van der Waals surface area contributed by atoms with Crippen molar-refractivity contribution < 1.29 is 14.3 Å². The van der Waals surface area contributed by atoms with E-state index in [1.54, 1.807) is 4.90 Å². The Labute approximate surface area is 131 Å². The number of nitrogens with zero attached hydrogens (tertiary/aromatic N) is 2. The van der Waals surface area contributed by atoms with Crippen LogP contribution in [0.15, 0.2) is 24.3 Å². The molecule has 1 aliphatic rings. The Kier molecular flexibility index (Phi) is 5.81. The molecule has 2 rings (SSSR count). The quantitative estimate of drug-likeness (QED) is 0.594. The molecule has 1 aliphatic heterocycles. The standard InChI is InChI=1S/C17H24N2O3/c1-18(2)15-5-3-4-14(12-15)6-7-17(21)22-16-8-10-19(13-20)11-9-16/h3-5,12-13,16H,6-11H2,1-2H3. The monoisotopic (exact) mass is 304 g/mol. The molecule has 120 valence electrons. The molecule has 0 unspecified atom stereocenters. The van der Waals surface area contributed by atoms with E-state index >= 15 is 0 Å². The summed E-state index contributed by atoms with van der Waals surface area (Å²) in [6, 6.07) is 8.17. The van der Waals surface area contributed by atoms with Crippen molar-refractivity contribution in [3.63, 3.8) is 0 Å². The fraction of sp³-hybridized carbons (Fsp3) is 0.529. The first-order chi connectivity index (χ1) is 10.6. The van der Waals surface area contributed by atoms with Crippen LogP contribution in [0.5, 0.6) is 0 Å². The van der Waals surface area contributed by atoms with E-state index in [-0.39, 0.29) is 12.1 Å². The normalized spacial score (nSPS) is 15.5. The summed E-state index contributed by atoms with van der Waals surface area (Å²) in [7, 11) is 4.00. The van der Waals surface area contributed by atoms with Gasteiger partial charge >= 0.3 is 5.97 Å². The first-order valence-electron chi connectivity index (χ1n) is 7.73. The van der Waals surface area contributed by atoms with Crippen molar-refractivity contribution in [2.75, 3.05) is 32.1 Å². The molecule has 22 heavy (non-hydrogen) atoms. The van der Waals surface area contributed by atoms with Crippen LogP contribution in [-0.4, -0.2) is 50.6 Å². The van der Waals surface area contributed by atoms with Crippen molar-refractivity contribution in [2.45, 2.75) is 31.8 Å². The van der Waals surface area contributed by atoms with Crippen molar-refractivity contribution in [3.8, 4) is 0 Å². The highest BCUT2D eigenvalue weighted by Crippen LogP contribution is 2.16. The summed E-state index contributed by atoms with van der Waals surface area (Å²) in [5, 5.41) is 0. The Morgan fingerprint density at radius 3 is 2.73 bits per heavy atom. The van der Waals surface area contributed by atoms with E-state index in [0.717, 1.165) is 30.5 Å². The van der Waals surface area contributed by atoms with Crippen LogP contribution in [0, 0.1) is 0 Å². The lowest BCUT2D eigenvalue weighted by Gasteiger charge is -2.28. The third kappa shape index (κ3) is 4.76. The van der Waals surface area contributed by atoms with Crippen LogP contribution in [-0.2, 0) is 20.7 Å². The predicted molar refractivity (Wildman–Crippen MR) is 85.8 cm³/mol. The number of amides is 1. The molecular formula is C17H24N2O3. The third-order valence-corrected chi connectivity index (χ3v) is 3.97. The van der Waals surface area contributed by atoms with Crippen molar-refractivity contribution in [1.82, 2.24) is 4.90 Å².